The van der Waals surface area contributed by atoms with Crippen LogP contribution in [0.5, 0.6) is 0 Å². The van der Waals surface area contributed by atoms with Gasteiger partial charge in [-0.2, -0.15) is 5.06 Å². The summed E-state index contributed by atoms with van der Waals surface area (Å²) in [6.07, 6.45) is -0.510. The van der Waals surface area contributed by atoms with Crippen molar-refractivity contribution in [3.8, 4) is 0 Å². The number of nitrogens with zero attached hydrogens (tertiary/aromatic N) is 2. The van der Waals surface area contributed by atoms with Crippen LogP contribution in [-0.4, -0.2) is 43.5 Å². The van der Waals surface area contributed by atoms with E-state index in [1.807, 2.05) is 32.0 Å². The molecule has 0 aromatic heterocycles. The molecular weight excluding hydrogens is 294 g/mol. The molecule has 0 unspecified atom stereocenters. The number of carbonyl (C=O) groups is 1. The Labute approximate surface area is 127 Å². The number of hydroxylamine groups is 2. The van der Waals surface area contributed by atoms with Crippen molar-refractivity contribution in [3.63, 3.8) is 0 Å². The normalized spacial score (nSPS) is 20.9. The summed E-state index contributed by atoms with van der Waals surface area (Å²) < 4.78 is 0.279. The van der Waals surface area contributed by atoms with E-state index < -0.39 is 12.2 Å². The third kappa shape index (κ3) is 2.89. The fourth-order valence-electron chi connectivity index (χ4n) is 2.19. The van der Waals surface area contributed by atoms with Gasteiger partial charge in [0.2, 0.25) is 0 Å². The number of hydrogen-bond donors (Lipinski definition) is 2. The maximum absolute atomic E-state index is 12.1. The van der Waals surface area contributed by atoms with Crippen molar-refractivity contribution >= 4 is 40.0 Å². The number of hydrogen-bond acceptors (Lipinski definition) is 4. The van der Waals surface area contributed by atoms with E-state index in [4.69, 9.17) is 12.2 Å². The fraction of sp³-hybridized carbons (Fsp3) is 0.385. The molecule has 5 nitrogen and oxygen atoms in total. The van der Waals surface area contributed by atoms with Crippen LogP contribution in [0.1, 0.15) is 13.8 Å². The molecule has 1 fully saturated rings. The highest BCUT2D eigenvalue weighted by Crippen LogP contribution is 2.41. The first-order valence-electron chi connectivity index (χ1n) is 6.13. The standard InChI is InChI=1S/C13H17N3O2S2/c1-13(2)10(15(3)12(19)20-13)16(18)11(17)14-9-7-5-4-6-8-9/h4-8,10,18H,1-3H3,(H,14,17)/t10-/m1/s1. The SMILES string of the molecule is CN1C(=S)SC(C)(C)[C@H]1N(O)C(=O)Nc1ccccc1. The van der Waals surface area contributed by atoms with Crippen LogP contribution in [0, 0.1) is 0 Å². The highest BCUT2D eigenvalue weighted by Gasteiger charge is 2.47. The molecule has 2 N–H and O–H groups in total. The molecule has 7 heteroatoms. The zero-order chi connectivity index (χ0) is 14.9. The lowest BCUT2D eigenvalue weighted by molar-refractivity contribution is -0.110. The molecule has 0 aliphatic carbocycles. The quantitative estimate of drug-likeness (QED) is 0.499. The molecule has 1 aliphatic heterocycles. The molecular formula is C13H17N3O2S2. The lowest BCUT2D eigenvalue weighted by atomic mass is 10.1. The lowest BCUT2D eigenvalue weighted by Crippen LogP contribution is -2.54. The topological polar surface area (TPSA) is 55.8 Å². The number of carbonyl (C=O) groups excluding carboxylic acids is 1. The van der Waals surface area contributed by atoms with E-state index in [1.165, 1.54) is 11.8 Å². The van der Waals surface area contributed by atoms with E-state index in [2.05, 4.69) is 5.32 Å². The van der Waals surface area contributed by atoms with Gasteiger partial charge in [-0.3, -0.25) is 5.21 Å². The summed E-state index contributed by atoms with van der Waals surface area (Å²) in [5, 5.41) is 13.6. The van der Waals surface area contributed by atoms with E-state index in [-0.39, 0.29) is 4.75 Å². The molecule has 20 heavy (non-hydrogen) atoms. The molecule has 0 bridgehead atoms. The Hall–Kier alpha value is -1.31. The summed E-state index contributed by atoms with van der Waals surface area (Å²) in [5.74, 6) is 0. The molecule has 0 saturated carbocycles. The minimum atomic E-state index is -0.577. The van der Waals surface area contributed by atoms with Crippen molar-refractivity contribution in [2.24, 2.45) is 0 Å². The molecule has 0 spiro atoms. The second-order valence-corrected chi connectivity index (χ2v) is 7.38. The summed E-state index contributed by atoms with van der Waals surface area (Å²) in [6, 6.07) is 8.42. The summed E-state index contributed by atoms with van der Waals surface area (Å²) in [7, 11) is 1.77. The van der Waals surface area contributed by atoms with Gasteiger partial charge in [-0.05, 0) is 26.0 Å². The van der Waals surface area contributed by atoms with E-state index in [1.54, 1.807) is 24.1 Å². The third-order valence-electron chi connectivity index (χ3n) is 3.09. The molecule has 0 radical (unpaired) electrons. The van der Waals surface area contributed by atoms with Crippen LogP contribution in [-0.2, 0) is 0 Å². The first-order valence-corrected chi connectivity index (χ1v) is 7.35. The van der Waals surface area contributed by atoms with Gasteiger partial charge in [0.1, 0.15) is 10.5 Å². The molecule has 1 atom stereocenters. The predicted molar refractivity (Wildman–Crippen MR) is 84.9 cm³/mol. The molecule has 1 heterocycles. The van der Waals surface area contributed by atoms with E-state index in [0.29, 0.717) is 15.1 Å². The van der Waals surface area contributed by atoms with Crippen molar-refractivity contribution < 1.29 is 10.0 Å². The summed E-state index contributed by atoms with van der Waals surface area (Å²) in [4.78, 5) is 13.9. The van der Waals surface area contributed by atoms with Gasteiger partial charge in [0, 0.05) is 12.7 Å². The third-order valence-corrected chi connectivity index (χ3v) is 4.83. The number of rotatable bonds is 2. The molecule has 2 amide bonds. The Morgan fingerprint density at radius 1 is 1.45 bits per heavy atom. The van der Waals surface area contributed by atoms with Crippen molar-refractivity contribution in [2.75, 3.05) is 12.4 Å². The first kappa shape index (κ1) is 15.1. The van der Waals surface area contributed by atoms with Gasteiger partial charge in [-0.25, -0.2) is 4.79 Å². The maximum Gasteiger partial charge on any atom is 0.347 e. The Balaban J connectivity index is 2.12. The Morgan fingerprint density at radius 2 is 2.05 bits per heavy atom. The second-order valence-electron chi connectivity index (χ2n) is 5.10. The van der Waals surface area contributed by atoms with Gasteiger partial charge in [-0.1, -0.05) is 42.2 Å². The van der Waals surface area contributed by atoms with E-state index in [9.17, 15) is 10.0 Å². The van der Waals surface area contributed by atoms with Crippen LogP contribution in [0.2, 0.25) is 0 Å². The number of nitrogens with one attached hydrogen (secondary N) is 1. The number of para-hydroxylation sites is 1. The largest absolute Gasteiger partial charge is 0.347 e. The van der Waals surface area contributed by atoms with Gasteiger partial charge in [0.25, 0.3) is 0 Å². The van der Waals surface area contributed by atoms with Gasteiger partial charge >= 0.3 is 6.03 Å². The van der Waals surface area contributed by atoms with Gasteiger partial charge in [0.05, 0.1) is 4.75 Å². The smallest absolute Gasteiger partial charge is 0.337 e. The van der Waals surface area contributed by atoms with Crippen molar-refractivity contribution in [1.29, 1.82) is 0 Å². The average molecular weight is 311 g/mol. The minimum Gasteiger partial charge on any atom is -0.337 e. The van der Waals surface area contributed by atoms with Crippen molar-refractivity contribution in [3.05, 3.63) is 30.3 Å². The summed E-state index contributed by atoms with van der Waals surface area (Å²) in [5.41, 5.74) is 0.630. The number of thiocarbonyl (C=S) groups is 1. The Morgan fingerprint density at radius 3 is 2.55 bits per heavy atom. The van der Waals surface area contributed by atoms with Crippen molar-refractivity contribution in [1.82, 2.24) is 9.96 Å². The van der Waals surface area contributed by atoms with E-state index in [0.717, 1.165) is 0 Å². The average Bonchev–Trinajstić information content (AvgIpc) is 2.58. The van der Waals surface area contributed by atoms with Gasteiger partial charge in [-0.15, -0.1) is 0 Å². The highest BCUT2D eigenvalue weighted by atomic mass is 32.2. The summed E-state index contributed by atoms with van der Waals surface area (Å²) in [6.45, 7) is 3.88. The number of amides is 2. The second kappa shape index (κ2) is 5.59. The minimum absolute atomic E-state index is 0.380. The van der Waals surface area contributed by atoms with Crippen molar-refractivity contribution in [2.45, 2.75) is 24.8 Å². The van der Waals surface area contributed by atoms with Crippen LogP contribution < -0.4 is 5.32 Å². The number of anilines is 1. The van der Waals surface area contributed by atoms with Crippen LogP contribution in [0.3, 0.4) is 0 Å². The van der Waals surface area contributed by atoms with Crippen LogP contribution in [0.15, 0.2) is 30.3 Å². The van der Waals surface area contributed by atoms with Gasteiger partial charge < -0.3 is 10.2 Å². The highest BCUT2D eigenvalue weighted by molar-refractivity contribution is 8.24. The Kier molecular flexibility index (Phi) is 4.22. The summed E-state index contributed by atoms with van der Waals surface area (Å²) >= 11 is 6.69. The zero-order valence-corrected chi connectivity index (χ0v) is 13.2. The number of urea groups is 1. The van der Waals surface area contributed by atoms with E-state index >= 15 is 0 Å². The number of benzene rings is 1. The molecule has 2 rings (SSSR count). The van der Waals surface area contributed by atoms with Crippen LogP contribution in [0.25, 0.3) is 0 Å². The predicted octanol–water partition coefficient (Wildman–Crippen LogP) is 2.98. The lowest BCUT2D eigenvalue weighted by Gasteiger charge is -2.34. The molecule has 1 aromatic carbocycles. The van der Waals surface area contributed by atoms with Gasteiger partial charge in [0.15, 0.2) is 0 Å². The Bertz CT molecular complexity index is 522. The monoisotopic (exact) mass is 311 g/mol. The van der Waals surface area contributed by atoms with Crippen LogP contribution in [0.4, 0.5) is 10.5 Å². The molecule has 1 aliphatic rings. The fourth-order valence-corrected chi connectivity index (χ4v) is 3.99. The molecule has 1 saturated heterocycles. The number of thioether (sulfide) groups is 1. The molecule has 1 aromatic rings. The van der Waals surface area contributed by atoms with Crippen LogP contribution >= 0.6 is 24.0 Å². The zero-order valence-electron chi connectivity index (χ0n) is 11.5. The molecule has 108 valence electrons. The first-order chi connectivity index (χ1) is 9.33. The maximum atomic E-state index is 12.1.